The van der Waals surface area contributed by atoms with Crippen molar-refractivity contribution in [2.75, 3.05) is 20.2 Å². The van der Waals surface area contributed by atoms with Crippen molar-refractivity contribution in [3.05, 3.63) is 71.0 Å². The van der Waals surface area contributed by atoms with Crippen molar-refractivity contribution >= 4 is 17.8 Å². The molecule has 1 heterocycles. The summed E-state index contributed by atoms with van der Waals surface area (Å²) < 4.78 is 56.4. The molecule has 200 valence electrons. The van der Waals surface area contributed by atoms with Gasteiger partial charge in [0.25, 0.3) is 0 Å². The Morgan fingerprint density at radius 2 is 1.73 bits per heavy atom. The average molecular weight is 523 g/mol. The number of nitrogens with zero attached hydrogens (tertiary/aromatic N) is 1. The zero-order chi connectivity index (χ0) is 27.0. The highest BCUT2D eigenvalue weighted by Crippen LogP contribution is 2.29. The highest BCUT2D eigenvalue weighted by Gasteiger charge is 2.31. The molecule has 0 saturated carbocycles. The van der Waals surface area contributed by atoms with Crippen LogP contribution < -0.4 is 5.32 Å². The molecule has 1 fully saturated rings. The zero-order valence-corrected chi connectivity index (χ0v) is 20.5. The fourth-order valence-electron chi connectivity index (χ4n) is 4.40. The lowest BCUT2D eigenvalue weighted by molar-refractivity contribution is -0.145. The number of hydrogen-bond acceptors (Lipinski definition) is 4. The lowest BCUT2D eigenvalue weighted by atomic mass is 9.92. The normalized spacial score (nSPS) is 15.2. The lowest BCUT2D eigenvalue weighted by Gasteiger charge is -2.32. The molecule has 1 N–H and O–H groups in total. The van der Waals surface area contributed by atoms with E-state index in [1.165, 1.54) is 31.4 Å². The Kier molecular flexibility index (Phi) is 9.66. The Hall–Kier alpha value is -3.43. The van der Waals surface area contributed by atoms with Gasteiger partial charge in [0, 0.05) is 32.4 Å². The van der Waals surface area contributed by atoms with Crippen LogP contribution in [0.25, 0.3) is 0 Å². The Morgan fingerprint density at radius 1 is 1.05 bits per heavy atom. The van der Waals surface area contributed by atoms with Crippen molar-refractivity contribution in [2.24, 2.45) is 5.92 Å². The minimum absolute atomic E-state index is 0.00515. The lowest BCUT2D eigenvalue weighted by Crippen LogP contribution is -2.44. The fraction of sp³-hybridized carbons (Fsp3) is 0.444. The zero-order valence-electron chi connectivity index (χ0n) is 20.5. The Balaban J connectivity index is 1.46. The molecule has 0 aliphatic carbocycles. The number of hydrogen-bond donors (Lipinski definition) is 1. The summed E-state index contributed by atoms with van der Waals surface area (Å²) in [4.78, 5) is 39.1. The number of nitrogens with one attached hydrogen (secondary N) is 1. The van der Waals surface area contributed by atoms with Gasteiger partial charge in [0.2, 0.25) is 11.8 Å². The van der Waals surface area contributed by atoms with Crippen LogP contribution in [0.2, 0.25) is 0 Å². The summed E-state index contributed by atoms with van der Waals surface area (Å²) in [6.07, 6.45) is -2.33. The maximum atomic E-state index is 13.3. The predicted molar refractivity (Wildman–Crippen MR) is 128 cm³/mol. The largest absolute Gasteiger partial charge is 0.467 e. The number of rotatable bonds is 9. The summed E-state index contributed by atoms with van der Waals surface area (Å²) >= 11 is 0. The molecule has 0 radical (unpaired) electrons. The Bertz CT molecular complexity index is 1080. The number of benzene rings is 2. The van der Waals surface area contributed by atoms with E-state index >= 15 is 0 Å². The van der Waals surface area contributed by atoms with Gasteiger partial charge in [-0.3, -0.25) is 9.59 Å². The molecule has 1 aliphatic rings. The first kappa shape index (κ1) is 28.1. The Labute approximate surface area is 213 Å². The van der Waals surface area contributed by atoms with E-state index in [4.69, 9.17) is 4.74 Å². The first-order valence-electron chi connectivity index (χ1n) is 12.1. The van der Waals surface area contributed by atoms with Gasteiger partial charge in [0.05, 0.1) is 12.7 Å². The van der Waals surface area contributed by atoms with Gasteiger partial charge in [-0.15, -0.1) is 0 Å². The third-order valence-electron chi connectivity index (χ3n) is 6.50. The summed E-state index contributed by atoms with van der Waals surface area (Å²) in [6.45, 7) is 1.01. The molecule has 1 saturated heterocycles. The van der Waals surface area contributed by atoms with Crippen molar-refractivity contribution in [3.8, 4) is 0 Å². The van der Waals surface area contributed by atoms with E-state index < -0.39 is 23.8 Å². The van der Waals surface area contributed by atoms with Crippen molar-refractivity contribution in [1.29, 1.82) is 0 Å². The number of piperidine rings is 1. The van der Waals surface area contributed by atoms with Gasteiger partial charge in [0.1, 0.15) is 11.9 Å². The molecule has 0 spiro atoms. The summed E-state index contributed by atoms with van der Waals surface area (Å²) in [5, 5.41) is 2.64. The molecular weight excluding hydrogens is 492 g/mol. The molecule has 2 amide bonds. The predicted octanol–water partition coefficient (Wildman–Crippen LogP) is 4.31. The first-order valence-corrected chi connectivity index (χ1v) is 12.1. The van der Waals surface area contributed by atoms with Crippen LogP contribution in [0, 0.1) is 11.7 Å². The smallest absolute Gasteiger partial charge is 0.416 e. The molecule has 0 aromatic heterocycles. The third-order valence-corrected chi connectivity index (χ3v) is 6.50. The molecule has 1 unspecified atom stereocenters. The van der Waals surface area contributed by atoms with E-state index in [0.717, 1.165) is 17.7 Å². The van der Waals surface area contributed by atoms with Crippen molar-refractivity contribution in [2.45, 2.75) is 50.7 Å². The summed E-state index contributed by atoms with van der Waals surface area (Å²) in [6, 6.07) is 9.53. The van der Waals surface area contributed by atoms with E-state index in [9.17, 15) is 31.9 Å². The summed E-state index contributed by atoms with van der Waals surface area (Å²) in [5.41, 5.74) is 0.416. The molecule has 2 aromatic carbocycles. The van der Waals surface area contributed by atoms with Crippen LogP contribution in [0.3, 0.4) is 0 Å². The number of amides is 2. The highest BCUT2D eigenvalue weighted by molar-refractivity contribution is 5.84. The number of halogens is 4. The second-order valence-electron chi connectivity index (χ2n) is 9.20. The Morgan fingerprint density at radius 3 is 2.32 bits per heavy atom. The molecule has 2 aromatic rings. The van der Waals surface area contributed by atoms with Gasteiger partial charge >= 0.3 is 12.1 Å². The van der Waals surface area contributed by atoms with Crippen LogP contribution in [-0.4, -0.2) is 48.9 Å². The van der Waals surface area contributed by atoms with Crippen molar-refractivity contribution in [3.63, 3.8) is 0 Å². The number of esters is 1. The van der Waals surface area contributed by atoms with E-state index in [2.05, 4.69) is 5.32 Å². The van der Waals surface area contributed by atoms with Crippen LogP contribution in [-0.2, 0) is 38.1 Å². The number of methoxy groups -OCH3 is 1. The fourth-order valence-corrected chi connectivity index (χ4v) is 4.40. The topological polar surface area (TPSA) is 75.7 Å². The molecule has 1 atom stereocenters. The number of carbonyl (C=O) groups excluding carboxylic acids is 3. The number of alkyl halides is 3. The van der Waals surface area contributed by atoms with E-state index in [-0.39, 0.29) is 42.8 Å². The average Bonchev–Trinajstić information content (AvgIpc) is 2.86. The van der Waals surface area contributed by atoms with Crippen LogP contribution in [0.4, 0.5) is 17.6 Å². The van der Waals surface area contributed by atoms with Gasteiger partial charge in [-0.2, -0.15) is 13.2 Å². The molecule has 1 aliphatic heterocycles. The van der Waals surface area contributed by atoms with Crippen molar-refractivity contribution in [1.82, 2.24) is 10.2 Å². The third kappa shape index (κ3) is 8.58. The highest BCUT2D eigenvalue weighted by atomic mass is 19.4. The molecule has 37 heavy (non-hydrogen) atoms. The number of ether oxygens (including phenoxy) is 1. The standard InChI is InChI=1S/C27H30F4N2O4/c1-37-26(36)23(16-19-5-8-21(9-6-19)27(29,30)31)32-24(34)17-20-11-13-33(14-12-20)25(35)10-7-18-3-2-4-22(28)15-18/h2-6,8-9,15,20,23H,7,10-14,16-17H2,1H3,(H,32,34). The van der Waals surface area contributed by atoms with Crippen LogP contribution in [0.1, 0.15) is 42.4 Å². The minimum atomic E-state index is -4.46. The van der Waals surface area contributed by atoms with Gasteiger partial charge in [0.15, 0.2) is 0 Å². The van der Waals surface area contributed by atoms with Crippen LogP contribution >= 0.6 is 0 Å². The maximum Gasteiger partial charge on any atom is 0.416 e. The number of carbonyl (C=O) groups is 3. The van der Waals surface area contributed by atoms with Crippen molar-refractivity contribution < 1.29 is 36.7 Å². The molecule has 10 heteroatoms. The molecule has 3 rings (SSSR count). The first-order chi connectivity index (χ1) is 17.5. The minimum Gasteiger partial charge on any atom is -0.467 e. The summed E-state index contributed by atoms with van der Waals surface area (Å²) in [5.74, 6) is -1.38. The van der Waals surface area contributed by atoms with Gasteiger partial charge < -0.3 is 15.0 Å². The van der Waals surface area contributed by atoms with Crippen LogP contribution in [0.5, 0.6) is 0 Å². The van der Waals surface area contributed by atoms with Gasteiger partial charge in [-0.25, -0.2) is 9.18 Å². The SMILES string of the molecule is COC(=O)C(Cc1ccc(C(F)(F)F)cc1)NC(=O)CC1CCN(C(=O)CCc2cccc(F)c2)CC1. The van der Waals surface area contributed by atoms with E-state index in [1.807, 2.05) is 0 Å². The second-order valence-corrected chi connectivity index (χ2v) is 9.20. The van der Waals surface area contributed by atoms with E-state index in [0.29, 0.717) is 37.9 Å². The van der Waals surface area contributed by atoms with Crippen LogP contribution in [0.15, 0.2) is 48.5 Å². The second kappa shape index (κ2) is 12.7. The van der Waals surface area contributed by atoms with Gasteiger partial charge in [-0.05, 0) is 60.6 Å². The molecule has 6 nitrogen and oxygen atoms in total. The number of aryl methyl sites for hydroxylation is 1. The number of likely N-dealkylation sites (tertiary alicyclic amines) is 1. The molecule has 0 bridgehead atoms. The monoisotopic (exact) mass is 522 g/mol. The quantitative estimate of drug-likeness (QED) is 0.394. The summed E-state index contributed by atoms with van der Waals surface area (Å²) in [7, 11) is 1.18. The van der Waals surface area contributed by atoms with E-state index in [1.54, 1.807) is 17.0 Å². The molecular formula is C27H30F4N2O4. The maximum absolute atomic E-state index is 13.3. The van der Waals surface area contributed by atoms with Gasteiger partial charge in [-0.1, -0.05) is 24.3 Å².